The quantitative estimate of drug-likeness (QED) is 0.305. The van der Waals surface area contributed by atoms with Gasteiger partial charge in [-0.15, -0.1) is 0 Å². The van der Waals surface area contributed by atoms with Gasteiger partial charge in [-0.25, -0.2) is 0 Å². The third-order valence-corrected chi connectivity index (χ3v) is 17.7. The maximum absolute atomic E-state index is 6.70. The molecule has 0 radical (unpaired) electrons. The third kappa shape index (κ3) is 10.5. The van der Waals surface area contributed by atoms with E-state index in [4.69, 9.17) is 18.6 Å². The monoisotopic (exact) mass is 622 g/mol. The van der Waals surface area contributed by atoms with E-state index >= 15 is 0 Å². The molecule has 2 nitrogen and oxygen atoms in total. The van der Waals surface area contributed by atoms with Gasteiger partial charge in [-0.05, 0) is 59.6 Å². The van der Waals surface area contributed by atoms with E-state index in [0.29, 0.717) is 21.0 Å². The molecule has 1 unspecified atom stereocenters. The predicted molar refractivity (Wildman–Crippen MR) is 176 cm³/mol. The Kier molecular flexibility index (Phi) is 14.2. The van der Waals surface area contributed by atoms with Crippen molar-refractivity contribution in [3.8, 4) is 0 Å². The van der Waals surface area contributed by atoms with E-state index in [1.807, 2.05) is 0 Å². The minimum atomic E-state index is -3.14. The summed E-state index contributed by atoms with van der Waals surface area (Å²) in [4.78, 5) is 3.91. The Bertz CT molecular complexity index is 922. The van der Waals surface area contributed by atoms with Crippen LogP contribution in [0.3, 0.4) is 0 Å². The zero-order valence-electron chi connectivity index (χ0n) is 27.6. The first-order valence-corrected chi connectivity index (χ1v) is 25.8. The second-order valence-electron chi connectivity index (χ2n) is 13.9. The first kappa shape index (κ1) is 37.6. The molecule has 0 bridgehead atoms. The fourth-order valence-corrected chi connectivity index (χ4v) is 19.3. The summed E-state index contributed by atoms with van der Waals surface area (Å²) in [7, 11) is 12.3. The number of rotatable bonds is 4. The van der Waals surface area contributed by atoms with E-state index in [1.54, 1.807) is 11.1 Å². The van der Waals surface area contributed by atoms with Crippen molar-refractivity contribution < 1.29 is 14.7 Å². The van der Waals surface area contributed by atoms with Gasteiger partial charge >= 0.3 is 118 Å². The first-order chi connectivity index (χ1) is 16.4. The molecule has 2 rings (SSSR count). The van der Waals surface area contributed by atoms with Gasteiger partial charge in [0.05, 0.1) is 0 Å². The first-order valence-electron chi connectivity index (χ1n) is 14.1. The van der Waals surface area contributed by atoms with E-state index < -0.39 is 23.0 Å². The van der Waals surface area contributed by atoms with E-state index in [1.165, 1.54) is 31.7 Å². The van der Waals surface area contributed by atoms with Crippen LogP contribution in [0.4, 0.5) is 0 Å². The largest absolute Gasteiger partial charge is 0.332 e. The van der Waals surface area contributed by atoms with E-state index in [-0.39, 0.29) is 11.1 Å². The molecule has 0 saturated carbocycles. The van der Waals surface area contributed by atoms with Crippen LogP contribution in [0.1, 0.15) is 96.9 Å². The Labute approximate surface area is 246 Å². The van der Waals surface area contributed by atoms with E-state index in [0.717, 1.165) is 0 Å². The van der Waals surface area contributed by atoms with Gasteiger partial charge in [-0.1, -0.05) is 37.3 Å². The van der Waals surface area contributed by atoms with Crippen LogP contribution in [0.2, 0.25) is 31.7 Å². The number of nitrogens with one attached hydrogen (secondary N) is 2. The van der Waals surface area contributed by atoms with Gasteiger partial charge in [0.1, 0.15) is 8.24 Å². The van der Waals surface area contributed by atoms with Crippen molar-refractivity contribution in [2.24, 2.45) is 5.92 Å². The second kappa shape index (κ2) is 14.0. The molecule has 0 aromatic carbocycles. The Balaban J connectivity index is 0.000000633. The predicted octanol–water partition coefficient (Wildman–Crippen LogP) is 9.90. The maximum atomic E-state index is 6.70. The second-order valence-corrected chi connectivity index (χ2v) is 28.1. The van der Waals surface area contributed by atoms with E-state index in [9.17, 15) is 0 Å². The molecule has 0 saturated heterocycles. The summed E-state index contributed by atoms with van der Waals surface area (Å²) in [5.74, 6) is 0.389. The molecule has 0 aromatic heterocycles. The molecule has 2 N–H and O–H groups in total. The van der Waals surface area contributed by atoms with Crippen molar-refractivity contribution in [1.82, 2.24) is 8.78 Å². The fourth-order valence-electron chi connectivity index (χ4n) is 5.88. The van der Waals surface area contributed by atoms with Crippen molar-refractivity contribution in [2.45, 2.75) is 140 Å². The Morgan fingerprint density at radius 1 is 0.703 bits per heavy atom. The molecular formula is C30H60Cl2N2Si2Ti. The summed E-state index contributed by atoms with van der Waals surface area (Å²) in [5.41, 5.74) is 11.1. The topological polar surface area (TPSA) is 24.1 Å². The molecule has 2 aliphatic carbocycles. The minimum Gasteiger partial charge on any atom is -0.332 e. The SMILES string of the molecule is CC1=C(C)C(C)[C]([Ti]([Cl])([Cl])[NH]C(C)(C)C)=C1C.CC1=C(C)C([Si](C)(C)NC(C)(C)C)C(C)=C1C.C[SiH2]C. The van der Waals surface area contributed by atoms with Crippen molar-refractivity contribution in [3.63, 3.8) is 0 Å². The average molecular weight is 624 g/mol. The summed E-state index contributed by atoms with van der Waals surface area (Å²) in [6.07, 6.45) is 0. The van der Waals surface area contributed by atoms with Gasteiger partial charge in [-0.2, -0.15) is 0 Å². The van der Waals surface area contributed by atoms with Gasteiger partial charge in [0.15, 0.2) is 0 Å². The summed E-state index contributed by atoms with van der Waals surface area (Å²) in [5, 5.41) is 0. The molecule has 0 aliphatic heterocycles. The normalized spacial score (nSPS) is 19.9. The molecule has 7 heteroatoms. The summed E-state index contributed by atoms with van der Waals surface area (Å²) < 4.78 is 4.75. The van der Waals surface area contributed by atoms with Crippen LogP contribution in [-0.4, -0.2) is 28.8 Å². The Morgan fingerprint density at radius 2 is 1.05 bits per heavy atom. The zero-order valence-corrected chi connectivity index (χ0v) is 33.1. The van der Waals surface area contributed by atoms with Gasteiger partial charge in [0, 0.05) is 20.6 Å². The molecule has 0 aromatic rings. The third-order valence-electron chi connectivity index (χ3n) is 7.54. The van der Waals surface area contributed by atoms with Crippen molar-refractivity contribution in [3.05, 3.63) is 42.9 Å². The molecule has 1 atom stereocenters. The zero-order chi connectivity index (χ0) is 29.9. The fraction of sp³-hybridized carbons (Fsp3) is 0.733. The minimum absolute atomic E-state index is 0.0408. The van der Waals surface area contributed by atoms with Crippen LogP contribution < -0.4 is 8.78 Å². The van der Waals surface area contributed by atoms with Gasteiger partial charge in [-0.3, -0.25) is 0 Å². The van der Waals surface area contributed by atoms with Crippen molar-refractivity contribution in [2.75, 3.05) is 0 Å². The van der Waals surface area contributed by atoms with Gasteiger partial charge in [0.2, 0.25) is 0 Å². The number of allylic oxidation sites excluding steroid dienone is 8. The molecule has 37 heavy (non-hydrogen) atoms. The molecular weight excluding hydrogens is 563 g/mol. The van der Waals surface area contributed by atoms with Crippen LogP contribution in [-0.2, 0) is 14.7 Å². The molecule has 0 amide bonds. The van der Waals surface area contributed by atoms with Crippen LogP contribution in [0, 0.1) is 5.92 Å². The van der Waals surface area contributed by atoms with Crippen molar-refractivity contribution >= 4 is 36.4 Å². The Morgan fingerprint density at radius 3 is 1.32 bits per heavy atom. The van der Waals surface area contributed by atoms with Gasteiger partial charge in [0.25, 0.3) is 0 Å². The van der Waals surface area contributed by atoms with Crippen LogP contribution >= 0.6 is 18.6 Å². The van der Waals surface area contributed by atoms with Crippen molar-refractivity contribution in [1.29, 1.82) is 0 Å². The molecule has 0 spiro atoms. The van der Waals surface area contributed by atoms with Crippen LogP contribution in [0.15, 0.2) is 42.9 Å². The Hall–Kier alpha value is 0.608. The van der Waals surface area contributed by atoms with Crippen LogP contribution in [0.25, 0.3) is 0 Å². The number of halogens is 2. The summed E-state index contributed by atoms with van der Waals surface area (Å²) in [6.45, 7) is 40.5. The maximum Gasteiger partial charge on any atom is 0.131 e. The molecule has 0 fully saturated rings. The summed E-state index contributed by atoms with van der Waals surface area (Å²) in [6, 6.07) is 0. The smallest absolute Gasteiger partial charge is 0.131 e. The average Bonchev–Trinajstić information content (AvgIpc) is 2.99. The molecule has 0 heterocycles. The standard InChI is InChI=1S/C15H29NSi.C9H13.C4H10N.C2H8Si.2ClH.Ti/c1-10-11(2)13(4)14(12(10)3)17(8,9)16-15(5,6)7;1-6-5-7(2)9(4)8(6)3;1-4(2,3)5;1-3-2;;;/h14,16H,1-9H3;6H,1-4H3;5H,1-3H3;3H2,1-2H3;2*1H;/q;;-1;;;;+3/p-2. The van der Waals surface area contributed by atoms with Crippen LogP contribution in [0.5, 0.6) is 0 Å². The summed E-state index contributed by atoms with van der Waals surface area (Å²) >= 11 is -3.14. The number of hydrogen-bond donors (Lipinski definition) is 2. The van der Waals surface area contributed by atoms with Gasteiger partial charge < -0.3 is 4.98 Å². The number of hydrogen-bond acceptors (Lipinski definition) is 2. The van der Waals surface area contributed by atoms with E-state index in [2.05, 4.69) is 132 Å². The molecule has 216 valence electrons. The molecule has 2 aliphatic rings.